The molecule has 2 aromatic rings. The number of hydrogen-bond donors (Lipinski definition) is 3. The third-order valence-corrected chi connectivity index (χ3v) is 7.94. The third-order valence-electron chi connectivity index (χ3n) is 6.58. The van der Waals surface area contributed by atoms with Gasteiger partial charge >= 0.3 is 12.2 Å². The summed E-state index contributed by atoms with van der Waals surface area (Å²) in [4.78, 5) is 26.3. The molecule has 0 aliphatic carbocycles. The van der Waals surface area contributed by atoms with Crippen molar-refractivity contribution in [3.63, 3.8) is 0 Å². The quantitative estimate of drug-likeness (QED) is 0.282. The number of likely N-dealkylation sites (tertiary alicyclic amines) is 1. The summed E-state index contributed by atoms with van der Waals surface area (Å²) in [7, 11) is -3.38. The van der Waals surface area contributed by atoms with Crippen molar-refractivity contribution in [2.45, 2.75) is 64.6 Å². The Labute approximate surface area is 244 Å². The maximum atomic E-state index is 12.6. The fourth-order valence-corrected chi connectivity index (χ4v) is 5.58. The first-order valence-electron chi connectivity index (χ1n) is 14.3. The number of unbranched alkanes of at least 4 members (excludes halogenated alkanes) is 2. The van der Waals surface area contributed by atoms with E-state index in [1.807, 2.05) is 75.4 Å². The Bertz CT molecular complexity index is 1210. The van der Waals surface area contributed by atoms with Crippen molar-refractivity contribution in [2.75, 3.05) is 43.8 Å². The number of anilines is 1. The molecule has 0 unspecified atom stereocenters. The lowest BCUT2D eigenvalue weighted by atomic mass is 10.0. The molecule has 11 heteroatoms. The van der Waals surface area contributed by atoms with Crippen molar-refractivity contribution < 1.29 is 27.5 Å². The van der Waals surface area contributed by atoms with Gasteiger partial charge in [-0.2, -0.15) is 0 Å². The molecule has 2 aromatic carbocycles. The number of sulfonamides is 1. The van der Waals surface area contributed by atoms with Crippen LogP contribution in [0.1, 0.15) is 52.9 Å². The first-order chi connectivity index (χ1) is 19.5. The topological polar surface area (TPSA) is 126 Å². The molecular formula is C30H44N4O6S. The standard InChI is InChI=1S/C30H44N4O6S/c1-30(2,3)40-28(35)31-18-10-5-11-19-32-41(37,38)23-22-34-20-16-25(17-21-34)39-29(36)33-27-15-9-8-14-26(27)24-12-6-4-7-13-24/h4,6-9,12-15,25,32H,5,10-11,16-23H2,1-3H3,(H,31,35)(H,33,36). The van der Waals surface area contributed by atoms with Crippen LogP contribution in [-0.4, -0.2) is 75.7 Å². The minimum absolute atomic E-state index is 0.0233. The zero-order chi connectivity index (χ0) is 29.7. The smallest absolute Gasteiger partial charge is 0.411 e. The first-order valence-corrected chi connectivity index (χ1v) is 15.9. The molecule has 10 nitrogen and oxygen atoms in total. The molecular weight excluding hydrogens is 544 g/mol. The van der Waals surface area contributed by atoms with Crippen molar-refractivity contribution in [3.8, 4) is 11.1 Å². The van der Waals surface area contributed by atoms with Gasteiger partial charge in [-0.25, -0.2) is 22.7 Å². The molecule has 1 fully saturated rings. The minimum atomic E-state index is -3.38. The summed E-state index contributed by atoms with van der Waals surface area (Å²) in [5, 5.41) is 5.57. The van der Waals surface area contributed by atoms with Crippen LogP contribution >= 0.6 is 0 Å². The van der Waals surface area contributed by atoms with Crippen LogP contribution in [-0.2, 0) is 19.5 Å². The van der Waals surface area contributed by atoms with Crippen LogP contribution in [0.4, 0.5) is 15.3 Å². The summed E-state index contributed by atoms with van der Waals surface area (Å²) >= 11 is 0. The second-order valence-corrected chi connectivity index (χ2v) is 13.1. The van der Waals surface area contributed by atoms with Gasteiger partial charge < -0.3 is 19.7 Å². The van der Waals surface area contributed by atoms with Gasteiger partial charge in [0.25, 0.3) is 0 Å². The van der Waals surface area contributed by atoms with Gasteiger partial charge in [0.1, 0.15) is 11.7 Å². The monoisotopic (exact) mass is 588 g/mol. The zero-order valence-electron chi connectivity index (χ0n) is 24.4. The zero-order valence-corrected chi connectivity index (χ0v) is 25.2. The Kier molecular flexibility index (Phi) is 12.4. The Morgan fingerprint density at radius 1 is 0.902 bits per heavy atom. The number of carbonyl (C=O) groups is 2. The molecule has 0 saturated carbocycles. The van der Waals surface area contributed by atoms with Gasteiger partial charge in [0.05, 0.1) is 11.4 Å². The Morgan fingerprint density at radius 3 is 2.27 bits per heavy atom. The summed E-state index contributed by atoms with van der Waals surface area (Å²) in [6.07, 6.45) is 2.38. The number of alkyl carbamates (subject to hydrolysis) is 1. The van der Waals surface area contributed by atoms with Gasteiger partial charge in [0.2, 0.25) is 10.0 Å². The van der Waals surface area contributed by atoms with Crippen molar-refractivity contribution in [2.24, 2.45) is 0 Å². The van der Waals surface area contributed by atoms with Gasteiger partial charge in [0, 0.05) is 38.3 Å². The van der Waals surface area contributed by atoms with E-state index in [9.17, 15) is 18.0 Å². The largest absolute Gasteiger partial charge is 0.446 e. The van der Waals surface area contributed by atoms with Crippen LogP contribution in [0.5, 0.6) is 0 Å². The number of piperidine rings is 1. The van der Waals surface area contributed by atoms with E-state index in [1.165, 1.54) is 0 Å². The molecule has 0 spiro atoms. The second kappa shape index (κ2) is 15.7. The molecule has 0 bridgehead atoms. The SMILES string of the molecule is CC(C)(C)OC(=O)NCCCCCNS(=O)(=O)CCN1CCC(OC(=O)Nc2ccccc2-c2ccccc2)CC1. The summed E-state index contributed by atoms with van der Waals surface area (Å²) in [6, 6.07) is 17.5. The molecule has 3 N–H and O–H groups in total. The maximum Gasteiger partial charge on any atom is 0.411 e. The molecule has 41 heavy (non-hydrogen) atoms. The van der Waals surface area contributed by atoms with Crippen LogP contribution in [0, 0.1) is 0 Å². The third kappa shape index (κ3) is 12.5. The molecule has 3 rings (SSSR count). The average molecular weight is 589 g/mol. The number of nitrogens with one attached hydrogen (secondary N) is 3. The fourth-order valence-electron chi connectivity index (χ4n) is 4.48. The highest BCUT2D eigenvalue weighted by molar-refractivity contribution is 7.89. The van der Waals surface area contributed by atoms with Crippen LogP contribution in [0.3, 0.4) is 0 Å². The second-order valence-electron chi connectivity index (χ2n) is 11.2. The fraction of sp³-hybridized carbons (Fsp3) is 0.533. The summed E-state index contributed by atoms with van der Waals surface area (Å²) in [5.41, 5.74) is 2.09. The van der Waals surface area contributed by atoms with Crippen LogP contribution < -0.4 is 15.4 Å². The number of amides is 2. The number of hydrogen-bond acceptors (Lipinski definition) is 7. The summed E-state index contributed by atoms with van der Waals surface area (Å²) in [6.45, 7) is 8.05. The van der Waals surface area contributed by atoms with E-state index < -0.39 is 27.8 Å². The number of nitrogens with zero attached hydrogens (tertiary/aromatic N) is 1. The van der Waals surface area contributed by atoms with Crippen LogP contribution in [0.15, 0.2) is 54.6 Å². The number of para-hydroxylation sites is 1. The Hall–Kier alpha value is -3.15. The van der Waals surface area contributed by atoms with Gasteiger partial charge in [0.15, 0.2) is 0 Å². The minimum Gasteiger partial charge on any atom is -0.446 e. The molecule has 1 heterocycles. The normalized spacial score (nSPS) is 14.8. The summed E-state index contributed by atoms with van der Waals surface area (Å²) in [5.74, 6) is 0.0233. The predicted octanol–water partition coefficient (Wildman–Crippen LogP) is 4.98. The molecule has 0 atom stereocenters. The summed E-state index contributed by atoms with van der Waals surface area (Å²) < 4.78 is 38.3. The first kappa shape index (κ1) is 32.4. The van der Waals surface area contributed by atoms with Crippen molar-refractivity contribution in [1.82, 2.24) is 14.9 Å². The number of ether oxygens (including phenoxy) is 2. The van der Waals surface area contributed by atoms with E-state index in [1.54, 1.807) is 0 Å². The molecule has 226 valence electrons. The van der Waals surface area contributed by atoms with E-state index in [0.717, 1.165) is 24.0 Å². The van der Waals surface area contributed by atoms with E-state index in [0.29, 0.717) is 57.7 Å². The maximum absolute atomic E-state index is 12.6. The highest BCUT2D eigenvalue weighted by atomic mass is 32.2. The molecule has 1 aliphatic heterocycles. The Morgan fingerprint density at radius 2 is 1.56 bits per heavy atom. The van der Waals surface area contributed by atoms with Crippen molar-refractivity contribution in [1.29, 1.82) is 0 Å². The van der Waals surface area contributed by atoms with E-state index >= 15 is 0 Å². The van der Waals surface area contributed by atoms with Crippen molar-refractivity contribution >= 4 is 27.9 Å². The van der Waals surface area contributed by atoms with Gasteiger partial charge in [-0.3, -0.25) is 5.32 Å². The highest BCUT2D eigenvalue weighted by Gasteiger charge is 2.24. The number of rotatable bonds is 13. The number of carbonyl (C=O) groups excluding carboxylic acids is 2. The van der Waals surface area contributed by atoms with Crippen LogP contribution in [0.2, 0.25) is 0 Å². The highest BCUT2D eigenvalue weighted by Crippen LogP contribution is 2.28. The van der Waals surface area contributed by atoms with Gasteiger partial charge in [-0.05, 0) is 58.1 Å². The molecule has 0 aromatic heterocycles. The lowest BCUT2D eigenvalue weighted by molar-refractivity contribution is 0.0526. The molecule has 1 saturated heterocycles. The Balaban J connectivity index is 1.28. The van der Waals surface area contributed by atoms with Crippen molar-refractivity contribution in [3.05, 3.63) is 54.6 Å². The van der Waals surface area contributed by atoms with E-state index in [4.69, 9.17) is 9.47 Å². The van der Waals surface area contributed by atoms with E-state index in [2.05, 4.69) is 20.3 Å². The predicted molar refractivity (Wildman–Crippen MR) is 161 cm³/mol. The number of benzene rings is 2. The molecule has 0 radical (unpaired) electrons. The van der Waals surface area contributed by atoms with Gasteiger partial charge in [-0.1, -0.05) is 55.0 Å². The average Bonchev–Trinajstić information content (AvgIpc) is 2.92. The van der Waals surface area contributed by atoms with E-state index in [-0.39, 0.29) is 11.9 Å². The van der Waals surface area contributed by atoms with Crippen LogP contribution in [0.25, 0.3) is 11.1 Å². The molecule has 1 aliphatic rings. The van der Waals surface area contributed by atoms with Gasteiger partial charge in [-0.15, -0.1) is 0 Å². The lowest BCUT2D eigenvalue weighted by Crippen LogP contribution is -2.42. The molecule has 2 amide bonds. The lowest BCUT2D eigenvalue weighted by Gasteiger charge is -2.31.